The lowest BCUT2D eigenvalue weighted by molar-refractivity contribution is -0.137. The van der Waals surface area contributed by atoms with Crippen molar-refractivity contribution in [2.24, 2.45) is 5.92 Å². The van der Waals surface area contributed by atoms with Crippen molar-refractivity contribution >= 4 is 22.9 Å². The van der Waals surface area contributed by atoms with E-state index in [1.165, 1.54) is 6.07 Å². The number of aromatic nitrogens is 1. The summed E-state index contributed by atoms with van der Waals surface area (Å²) in [6, 6.07) is 17.4. The Morgan fingerprint density at radius 1 is 0.935 bits per heavy atom. The van der Waals surface area contributed by atoms with E-state index in [-0.39, 0.29) is 17.8 Å². The van der Waals surface area contributed by atoms with Gasteiger partial charge in [-0.1, -0.05) is 50.3 Å². The van der Waals surface area contributed by atoms with Crippen LogP contribution in [0.5, 0.6) is 0 Å². The van der Waals surface area contributed by atoms with Crippen molar-refractivity contribution in [2.75, 3.05) is 9.80 Å². The molecule has 0 fully saturated rings. The molecular weight excluding hydrogens is 399 g/mol. The maximum atomic E-state index is 14.0. The van der Waals surface area contributed by atoms with E-state index in [2.05, 4.69) is 36.4 Å². The summed E-state index contributed by atoms with van der Waals surface area (Å²) in [5, 5.41) is 0. The van der Waals surface area contributed by atoms with Crippen LogP contribution in [0, 0.1) is 5.92 Å². The van der Waals surface area contributed by atoms with Gasteiger partial charge in [-0.05, 0) is 35.9 Å². The fraction of sp³-hybridized carbons (Fsp3) is 0.240. The van der Waals surface area contributed by atoms with Crippen LogP contribution in [0.3, 0.4) is 0 Å². The predicted octanol–water partition coefficient (Wildman–Crippen LogP) is 6.81. The second-order valence-electron chi connectivity index (χ2n) is 8.31. The maximum Gasteiger partial charge on any atom is 0.418 e. The Balaban J connectivity index is 1.82. The smallest absolute Gasteiger partial charge is 0.316 e. The van der Waals surface area contributed by atoms with Crippen LogP contribution in [0.2, 0.25) is 0 Å². The molecule has 0 N–H and O–H groups in total. The second-order valence-corrected chi connectivity index (χ2v) is 8.31. The van der Waals surface area contributed by atoms with Crippen molar-refractivity contribution in [1.82, 2.24) is 4.98 Å². The number of rotatable bonds is 2. The molecule has 0 saturated heterocycles. The summed E-state index contributed by atoms with van der Waals surface area (Å²) in [6.45, 7) is 8.27. The van der Waals surface area contributed by atoms with Gasteiger partial charge in [-0.2, -0.15) is 13.2 Å². The lowest BCUT2D eigenvalue weighted by atomic mass is 9.67. The molecule has 0 bridgehead atoms. The van der Waals surface area contributed by atoms with E-state index in [4.69, 9.17) is 0 Å². The molecule has 0 amide bonds. The zero-order valence-corrected chi connectivity index (χ0v) is 17.3. The second kappa shape index (κ2) is 6.61. The molecular formula is C25H22F3N3. The van der Waals surface area contributed by atoms with E-state index >= 15 is 0 Å². The summed E-state index contributed by atoms with van der Waals surface area (Å²) in [5.74, 6) is 0.588. The predicted molar refractivity (Wildman–Crippen MR) is 117 cm³/mol. The number of halogens is 3. The number of allylic oxidation sites excluding steroid dienone is 1. The van der Waals surface area contributed by atoms with Gasteiger partial charge in [0.1, 0.15) is 6.17 Å². The van der Waals surface area contributed by atoms with E-state index in [1.54, 1.807) is 29.3 Å². The Morgan fingerprint density at radius 2 is 1.58 bits per heavy atom. The number of benzene rings is 2. The Labute approximate surface area is 179 Å². The van der Waals surface area contributed by atoms with Crippen molar-refractivity contribution in [3.63, 3.8) is 0 Å². The van der Waals surface area contributed by atoms with Crippen molar-refractivity contribution in [3.8, 4) is 0 Å². The van der Waals surface area contributed by atoms with Crippen LogP contribution in [-0.4, -0.2) is 11.1 Å². The molecule has 1 aromatic heterocycles. The fourth-order valence-electron chi connectivity index (χ4n) is 5.03. The Bertz CT molecular complexity index is 1170. The van der Waals surface area contributed by atoms with Crippen molar-refractivity contribution in [3.05, 3.63) is 90.6 Å². The van der Waals surface area contributed by atoms with Crippen LogP contribution in [0.1, 0.15) is 25.0 Å². The number of para-hydroxylation sites is 2. The first kappa shape index (κ1) is 19.7. The molecule has 3 aromatic rings. The quantitative estimate of drug-likeness (QED) is 0.424. The Hall–Kier alpha value is -3.28. The number of anilines is 4. The first-order chi connectivity index (χ1) is 14.8. The van der Waals surface area contributed by atoms with E-state index in [0.29, 0.717) is 11.5 Å². The Kier molecular flexibility index (Phi) is 4.19. The molecule has 2 aromatic carbocycles. The monoisotopic (exact) mass is 421 g/mol. The third-order valence-electron chi connectivity index (χ3n) is 6.81. The van der Waals surface area contributed by atoms with Crippen molar-refractivity contribution < 1.29 is 13.2 Å². The third-order valence-corrected chi connectivity index (χ3v) is 6.81. The minimum Gasteiger partial charge on any atom is -0.316 e. The molecule has 2 aliphatic rings. The first-order valence-corrected chi connectivity index (χ1v) is 10.2. The lowest BCUT2D eigenvalue weighted by Gasteiger charge is -2.50. The van der Waals surface area contributed by atoms with Crippen LogP contribution in [-0.2, 0) is 11.6 Å². The first-order valence-electron chi connectivity index (χ1n) is 10.2. The van der Waals surface area contributed by atoms with E-state index in [0.717, 1.165) is 17.3 Å². The van der Waals surface area contributed by atoms with Gasteiger partial charge in [-0.15, -0.1) is 6.58 Å². The highest BCUT2D eigenvalue weighted by molar-refractivity contribution is 5.89. The molecule has 0 aliphatic carbocycles. The molecule has 0 radical (unpaired) electrons. The van der Waals surface area contributed by atoms with Crippen LogP contribution >= 0.6 is 0 Å². The van der Waals surface area contributed by atoms with Gasteiger partial charge in [-0.25, -0.2) is 4.98 Å². The number of nitrogens with zero attached hydrogens (tertiary/aromatic N) is 3. The van der Waals surface area contributed by atoms with Gasteiger partial charge in [0.25, 0.3) is 0 Å². The van der Waals surface area contributed by atoms with Gasteiger partial charge < -0.3 is 9.80 Å². The van der Waals surface area contributed by atoms with Gasteiger partial charge in [0.15, 0.2) is 5.82 Å². The highest BCUT2D eigenvalue weighted by Gasteiger charge is 2.53. The molecule has 5 rings (SSSR count). The van der Waals surface area contributed by atoms with E-state index in [9.17, 15) is 13.2 Å². The third kappa shape index (κ3) is 2.63. The van der Waals surface area contributed by atoms with Gasteiger partial charge in [0, 0.05) is 23.2 Å². The average Bonchev–Trinajstić information content (AvgIpc) is 3.12. The summed E-state index contributed by atoms with van der Waals surface area (Å²) in [7, 11) is 0. The highest BCUT2D eigenvalue weighted by atomic mass is 19.4. The van der Waals surface area contributed by atoms with Gasteiger partial charge in [0.05, 0.1) is 16.9 Å². The maximum absolute atomic E-state index is 14.0. The van der Waals surface area contributed by atoms with Gasteiger partial charge >= 0.3 is 6.18 Å². The lowest BCUT2D eigenvalue weighted by Crippen LogP contribution is -2.54. The molecule has 3 unspecified atom stereocenters. The van der Waals surface area contributed by atoms with Crippen molar-refractivity contribution in [1.29, 1.82) is 0 Å². The van der Waals surface area contributed by atoms with Gasteiger partial charge in [-0.3, -0.25) is 0 Å². The average molecular weight is 421 g/mol. The minimum absolute atomic E-state index is 0.0737. The zero-order chi connectivity index (χ0) is 22.0. The topological polar surface area (TPSA) is 19.4 Å². The molecule has 3 atom stereocenters. The normalized spacial score (nSPS) is 24.4. The fourth-order valence-corrected chi connectivity index (χ4v) is 5.03. The van der Waals surface area contributed by atoms with Crippen molar-refractivity contribution in [2.45, 2.75) is 31.6 Å². The summed E-state index contributed by atoms with van der Waals surface area (Å²) in [5.41, 5.74) is 1.76. The van der Waals surface area contributed by atoms with Crippen LogP contribution in [0.25, 0.3) is 0 Å². The number of fused-ring (bicyclic) bond motifs is 5. The summed E-state index contributed by atoms with van der Waals surface area (Å²) in [4.78, 5) is 8.47. The molecule has 31 heavy (non-hydrogen) atoms. The Morgan fingerprint density at radius 3 is 2.29 bits per heavy atom. The molecule has 6 heteroatoms. The molecule has 0 saturated carbocycles. The number of alkyl halides is 3. The summed E-state index contributed by atoms with van der Waals surface area (Å²) >= 11 is 0. The van der Waals surface area contributed by atoms with Crippen LogP contribution < -0.4 is 9.80 Å². The van der Waals surface area contributed by atoms with Gasteiger partial charge in [0.2, 0.25) is 0 Å². The van der Waals surface area contributed by atoms with E-state index < -0.39 is 17.2 Å². The van der Waals surface area contributed by atoms with Crippen LogP contribution in [0.15, 0.2) is 79.5 Å². The highest BCUT2D eigenvalue weighted by Crippen LogP contribution is 2.58. The molecule has 3 heterocycles. The van der Waals surface area contributed by atoms with Crippen LogP contribution in [0.4, 0.5) is 36.1 Å². The standard InChI is InChI=1S/C25H22F3N3/c1-4-24(3)16(2)23-30(20-13-8-6-11-18(20)25(26,27)28)21-14-9-15-29-22(21)31(23)19-12-7-5-10-17(19)24/h4-16,23H,1H2,2-3H3. The van der Waals surface area contributed by atoms with E-state index in [1.807, 2.05) is 30.3 Å². The molecule has 2 aliphatic heterocycles. The SMILES string of the molecule is C=CC1(C)c2ccccc2N2c3ncccc3N(c3ccccc3C(F)(F)F)C2C1C. The summed E-state index contributed by atoms with van der Waals surface area (Å²) < 4.78 is 42.0. The summed E-state index contributed by atoms with van der Waals surface area (Å²) in [6.07, 6.45) is -1.25. The minimum atomic E-state index is -4.47. The number of hydrogen-bond acceptors (Lipinski definition) is 3. The number of hydrogen-bond donors (Lipinski definition) is 0. The largest absolute Gasteiger partial charge is 0.418 e. The molecule has 3 nitrogen and oxygen atoms in total. The molecule has 158 valence electrons. The molecule has 0 spiro atoms. The number of pyridine rings is 1. The zero-order valence-electron chi connectivity index (χ0n) is 17.3.